The summed E-state index contributed by atoms with van der Waals surface area (Å²) < 4.78 is 26.8. The Labute approximate surface area is 168 Å². The lowest BCUT2D eigenvalue weighted by Crippen LogP contribution is -2.47. The summed E-state index contributed by atoms with van der Waals surface area (Å²) in [6.45, 7) is 5.53. The third-order valence-corrected chi connectivity index (χ3v) is 10.1. The number of aryl methyl sites for hydroxylation is 3. The molecule has 8 heteroatoms. The number of carbonyl (C=O) groups is 1. The van der Waals surface area contributed by atoms with Crippen LogP contribution in [0.1, 0.15) is 42.5 Å². The number of amides is 1. The second-order valence-electron chi connectivity index (χ2n) is 7.02. The van der Waals surface area contributed by atoms with E-state index in [0.717, 1.165) is 28.3 Å². The number of nitrogens with zero attached hydrogens (tertiary/aromatic N) is 1. The number of benzene rings is 1. The number of aromatic nitrogens is 1. The Bertz CT molecular complexity index is 974. The van der Waals surface area contributed by atoms with Gasteiger partial charge in [0.25, 0.3) is 0 Å². The zero-order chi connectivity index (χ0) is 19.8. The fourth-order valence-electron chi connectivity index (χ4n) is 3.61. The average Bonchev–Trinajstić information content (AvgIpc) is 3.24. The highest BCUT2D eigenvalue weighted by Crippen LogP contribution is 2.43. The van der Waals surface area contributed by atoms with Gasteiger partial charge in [-0.15, -0.1) is 11.8 Å². The van der Waals surface area contributed by atoms with Crippen LogP contribution in [0.5, 0.6) is 0 Å². The molecule has 2 aromatic rings. The van der Waals surface area contributed by atoms with Gasteiger partial charge >= 0.3 is 0 Å². The lowest BCUT2D eigenvalue weighted by atomic mass is 10.1. The first-order valence-corrected chi connectivity index (χ1v) is 12.4. The molecule has 0 radical (unpaired) electrons. The van der Waals surface area contributed by atoms with Crippen LogP contribution in [-0.4, -0.2) is 30.3 Å². The largest absolute Gasteiger partial charge is 0.301 e. The summed E-state index contributed by atoms with van der Waals surface area (Å²) in [6, 6.07) is 5.37. The van der Waals surface area contributed by atoms with Gasteiger partial charge in [-0.1, -0.05) is 36.3 Å². The fourth-order valence-corrected chi connectivity index (χ4v) is 7.59. The molecule has 5 nitrogen and oxygen atoms in total. The Morgan fingerprint density at radius 1 is 1.22 bits per heavy atom. The fraction of sp³-hybridized carbons (Fsp3) is 0.474. The van der Waals surface area contributed by atoms with Gasteiger partial charge in [0.15, 0.2) is 19.7 Å². The van der Waals surface area contributed by atoms with Crippen molar-refractivity contribution < 1.29 is 13.2 Å². The summed E-state index contributed by atoms with van der Waals surface area (Å²) in [5, 5.41) is 3.27. The standard InChI is InChI=1S/C19H24N2O3S3/c1-12-7-8-13(2)15(11-12)27(23,24)19(9-5-6-10-19)17(22)21-18-20-14(3)16(25-4)26-18/h7-8,11H,5-6,9-10H2,1-4H3,(H,20,21,22). The van der Waals surface area contributed by atoms with E-state index in [-0.39, 0.29) is 4.90 Å². The smallest absolute Gasteiger partial charge is 0.248 e. The minimum absolute atomic E-state index is 0.264. The average molecular weight is 425 g/mol. The van der Waals surface area contributed by atoms with Gasteiger partial charge in [-0.2, -0.15) is 0 Å². The van der Waals surface area contributed by atoms with E-state index in [9.17, 15) is 13.2 Å². The second-order valence-corrected chi connectivity index (χ2v) is 11.3. The van der Waals surface area contributed by atoms with Gasteiger partial charge < -0.3 is 5.32 Å². The molecule has 0 spiro atoms. The first-order valence-electron chi connectivity index (χ1n) is 8.86. The number of thiazole rings is 1. The monoisotopic (exact) mass is 424 g/mol. The second kappa shape index (κ2) is 7.56. The molecule has 0 aliphatic heterocycles. The number of hydrogen-bond donors (Lipinski definition) is 1. The quantitative estimate of drug-likeness (QED) is 0.715. The number of sulfone groups is 1. The van der Waals surface area contributed by atoms with Gasteiger partial charge in [-0.25, -0.2) is 13.4 Å². The maximum atomic E-state index is 13.6. The highest BCUT2D eigenvalue weighted by molar-refractivity contribution is 8.00. The summed E-state index contributed by atoms with van der Waals surface area (Å²) in [5.74, 6) is -0.456. The molecule has 1 saturated carbocycles. The molecule has 1 aliphatic rings. The van der Waals surface area contributed by atoms with E-state index in [2.05, 4.69) is 10.3 Å². The molecule has 146 valence electrons. The number of hydrogen-bond acceptors (Lipinski definition) is 6. The van der Waals surface area contributed by atoms with Crippen LogP contribution < -0.4 is 5.32 Å². The molecule has 0 atom stereocenters. The summed E-state index contributed by atoms with van der Waals surface area (Å²) in [5.41, 5.74) is 2.39. The van der Waals surface area contributed by atoms with Crippen molar-refractivity contribution in [2.45, 2.75) is 60.3 Å². The van der Waals surface area contributed by atoms with Crippen molar-refractivity contribution in [1.29, 1.82) is 0 Å². The minimum Gasteiger partial charge on any atom is -0.301 e. The zero-order valence-electron chi connectivity index (χ0n) is 16.0. The molecule has 0 saturated heterocycles. The Kier molecular flexibility index (Phi) is 5.70. The SMILES string of the molecule is CSc1sc(NC(=O)C2(S(=O)(=O)c3cc(C)ccc3C)CCCC2)nc1C. The third-order valence-electron chi connectivity index (χ3n) is 5.13. The Morgan fingerprint density at radius 3 is 2.48 bits per heavy atom. The predicted octanol–water partition coefficient (Wildman–Crippen LogP) is 4.52. The van der Waals surface area contributed by atoms with Gasteiger partial charge in [0.2, 0.25) is 5.91 Å². The maximum Gasteiger partial charge on any atom is 0.248 e. The molecule has 1 N–H and O–H groups in total. The van der Waals surface area contributed by atoms with E-state index in [4.69, 9.17) is 0 Å². The minimum atomic E-state index is -3.82. The van der Waals surface area contributed by atoms with Gasteiger partial charge in [0.05, 0.1) is 14.8 Å². The zero-order valence-corrected chi connectivity index (χ0v) is 18.4. The molecule has 1 aromatic heterocycles. The van der Waals surface area contributed by atoms with E-state index >= 15 is 0 Å². The van der Waals surface area contributed by atoms with E-state index < -0.39 is 20.5 Å². The number of anilines is 1. The summed E-state index contributed by atoms with van der Waals surface area (Å²) >= 11 is 2.95. The predicted molar refractivity (Wildman–Crippen MR) is 112 cm³/mol. The summed E-state index contributed by atoms with van der Waals surface area (Å²) in [4.78, 5) is 17.9. The molecule has 1 amide bonds. The topological polar surface area (TPSA) is 76.1 Å². The van der Waals surface area contributed by atoms with E-state index in [1.807, 2.05) is 26.2 Å². The van der Waals surface area contributed by atoms with Crippen LogP contribution in [0.4, 0.5) is 5.13 Å². The third kappa shape index (κ3) is 3.54. The molecule has 27 heavy (non-hydrogen) atoms. The van der Waals surface area contributed by atoms with Crippen molar-refractivity contribution in [2.75, 3.05) is 11.6 Å². The molecule has 1 fully saturated rings. The number of thioether (sulfide) groups is 1. The maximum absolute atomic E-state index is 13.6. The van der Waals surface area contributed by atoms with Crippen molar-refractivity contribution in [3.05, 3.63) is 35.0 Å². The molecular formula is C19H24N2O3S3. The Balaban J connectivity index is 2.02. The van der Waals surface area contributed by atoms with Crippen LogP contribution in [-0.2, 0) is 14.6 Å². The van der Waals surface area contributed by atoms with Crippen LogP contribution in [0, 0.1) is 20.8 Å². The first-order chi connectivity index (χ1) is 12.7. The van der Waals surface area contributed by atoms with Crippen molar-refractivity contribution in [1.82, 2.24) is 4.98 Å². The van der Waals surface area contributed by atoms with E-state index in [1.165, 1.54) is 11.3 Å². The van der Waals surface area contributed by atoms with Gasteiger partial charge in [0, 0.05) is 0 Å². The van der Waals surface area contributed by atoms with Crippen LogP contribution >= 0.6 is 23.1 Å². The molecule has 0 unspecified atom stereocenters. The lowest BCUT2D eigenvalue weighted by Gasteiger charge is -2.28. The molecule has 1 heterocycles. The highest BCUT2D eigenvalue weighted by atomic mass is 32.2. The van der Waals surface area contributed by atoms with Crippen molar-refractivity contribution in [3.8, 4) is 0 Å². The number of rotatable bonds is 5. The van der Waals surface area contributed by atoms with Gasteiger partial charge in [-0.3, -0.25) is 4.79 Å². The molecule has 0 bridgehead atoms. The molecule has 1 aromatic carbocycles. The van der Waals surface area contributed by atoms with E-state index in [0.29, 0.717) is 23.5 Å². The number of carbonyl (C=O) groups excluding carboxylic acids is 1. The van der Waals surface area contributed by atoms with E-state index in [1.54, 1.807) is 30.8 Å². The van der Waals surface area contributed by atoms with Crippen LogP contribution in [0.25, 0.3) is 0 Å². The Hall–Kier alpha value is -1.38. The van der Waals surface area contributed by atoms with Crippen LogP contribution in [0.15, 0.2) is 27.3 Å². The lowest BCUT2D eigenvalue weighted by molar-refractivity contribution is -0.118. The van der Waals surface area contributed by atoms with Crippen molar-refractivity contribution in [2.24, 2.45) is 0 Å². The molecular weight excluding hydrogens is 400 g/mol. The summed E-state index contributed by atoms with van der Waals surface area (Å²) in [7, 11) is -3.82. The van der Waals surface area contributed by atoms with Gasteiger partial charge in [0.1, 0.15) is 0 Å². The number of nitrogens with one attached hydrogen (secondary N) is 1. The molecule has 3 rings (SSSR count). The van der Waals surface area contributed by atoms with Crippen molar-refractivity contribution in [3.63, 3.8) is 0 Å². The van der Waals surface area contributed by atoms with Crippen LogP contribution in [0.2, 0.25) is 0 Å². The summed E-state index contributed by atoms with van der Waals surface area (Å²) in [6.07, 6.45) is 4.09. The first kappa shape index (κ1) is 20.4. The molecule has 1 aliphatic carbocycles. The van der Waals surface area contributed by atoms with Crippen molar-refractivity contribution >= 4 is 44.0 Å². The normalized spacial score (nSPS) is 16.4. The van der Waals surface area contributed by atoms with Gasteiger partial charge in [-0.05, 0) is 57.1 Å². The highest BCUT2D eigenvalue weighted by Gasteiger charge is 2.53. The van der Waals surface area contributed by atoms with Crippen LogP contribution in [0.3, 0.4) is 0 Å². The Morgan fingerprint density at radius 2 is 1.89 bits per heavy atom.